The first-order valence-electron chi connectivity index (χ1n) is 17.2. The van der Waals surface area contributed by atoms with E-state index in [4.69, 9.17) is 14.6 Å². The van der Waals surface area contributed by atoms with Crippen molar-refractivity contribution < 1.29 is 28.7 Å². The number of methoxy groups -OCH3 is 1. The van der Waals surface area contributed by atoms with E-state index in [0.717, 1.165) is 42.1 Å². The smallest absolute Gasteiger partial charge is 0.260 e. The highest BCUT2D eigenvalue weighted by Crippen LogP contribution is 2.33. The third-order valence-electron chi connectivity index (χ3n) is 9.98. The highest BCUT2D eigenvalue weighted by atomic mass is 16.5. The topological polar surface area (TPSA) is 174 Å². The molecule has 4 amide bonds. The maximum Gasteiger partial charge on any atom is 0.260 e. The molecule has 0 radical (unpaired) electrons. The summed E-state index contributed by atoms with van der Waals surface area (Å²) in [5.41, 5.74) is 3.17. The van der Waals surface area contributed by atoms with Crippen LogP contribution >= 0.6 is 0 Å². The zero-order valence-electron chi connectivity index (χ0n) is 28.0. The number of hydrogen-bond donors (Lipinski definition) is 3. The first-order chi connectivity index (χ1) is 24.8. The molecule has 8 rings (SSSR count). The lowest BCUT2D eigenvalue weighted by molar-refractivity contribution is -0.136. The number of piperidine rings is 1. The van der Waals surface area contributed by atoms with Crippen molar-refractivity contribution in [1.82, 2.24) is 39.9 Å². The Morgan fingerprint density at radius 2 is 1.92 bits per heavy atom. The second-order valence-corrected chi connectivity index (χ2v) is 13.1. The molecule has 0 bridgehead atoms. The summed E-state index contributed by atoms with van der Waals surface area (Å²) in [7, 11) is 1.54. The van der Waals surface area contributed by atoms with Gasteiger partial charge in [0.25, 0.3) is 11.8 Å². The quantitative estimate of drug-likeness (QED) is 0.146. The molecule has 5 heterocycles. The molecule has 262 valence electrons. The van der Waals surface area contributed by atoms with Crippen LogP contribution in [-0.2, 0) is 16.1 Å². The van der Waals surface area contributed by atoms with Gasteiger partial charge in [-0.1, -0.05) is 0 Å². The van der Waals surface area contributed by atoms with Crippen LogP contribution in [0.1, 0.15) is 70.8 Å². The lowest BCUT2D eigenvalue weighted by atomic mass is 9.91. The minimum Gasteiger partial charge on any atom is -0.496 e. The van der Waals surface area contributed by atoms with Crippen LogP contribution in [0.2, 0.25) is 0 Å². The van der Waals surface area contributed by atoms with Crippen molar-refractivity contribution in [1.29, 1.82) is 0 Å². The molecule has 51 heavy (non-hydrogen) atoms. The van der Waals surface area contributed by atoms with Crippen LogP contribution in [0.3, 0.4) is 0 Å². The number of aromatic nitrogens is 5. The van der Waals surface area contributed by atoms with E-state index in [9.17, 15) is 19.2 Å². The molecule has 5 aromatic rings. The Labute approximate surface area is 292 Å². The highest BCUT2D eigenvalue weighted by molar-refractivity contribution is 6.08. The van der Waals surface area contributed by atoms with Crippen molar-refractivity contribution in [3.8, 4) is 11.5 Å². The van der Waals surface area contributed by atoms with Gasteiger partial charge in [0.05, 0.1) is 30.4 Å². The molecule has 0 spiro atoms. The number of amides is 4. The third kappa shape index (κ3) is 6.36. The van der Waals surface area contributed by atoms with Gasteiger partial charge in [-0.05, 0) is 74.1 Å². The van der Waals surface area contributed by atoms with Gasteiger partial charge in [-0.25, -0.2) is 4.98 Å². The summed E-state index contributed by atoms with van der Waals surface area (Å²) < 4.78 is 15.2. The zero-order valence-corrected chi connectivity index (χ0v) is 28.0. The van der Waals surface area contributed by atoms with Crippen LogP contribution in [0, 0.1) is 0 Å². The van der Waals surface area contributed by atoms with Crippen LogP contribution in [0.4, 0.5) is 5.82 Å². The Morgan fingerprint density at radius 3 is 2.75 bits per heavy atom. The summed E-state index contributed by atoms with van der Waals surface area (Å²) in [4.78, 5) is 56.0. The molecule has 3 N–H and O–H groups in total. The molecule has 2 aliphatic heterocycles. The number of carbonyl (C=O) groups excluding carboxylic acids is 4. The third-order valence-corrected chi connectivity index (χ3v) is 9.98. The Balaban J connectivity index is 0.826. The fraction of sp³-hybridized carbons (Fsp3) is 0.361. The van der Waals surface area contributed by atoms with E-state index < -0.39 is 11.9 Å². The van der Waals surface area contributed by atoms with Gasteiger partial charge in [0.1, 0.15) is 24.1 Å². The van der Waals surface area contributed by atoms with Crippen LogP contribution in [-0.4, -0.2) is 85.3 Å². The Morgan fingerprint density at radius 1 is 1.06 bits per heavy atom. The second-order valence-electron chi connectivity index (χ2n) is 13.1. The fourth-order valence-corrected chi connectivity index (χ4v) is 7.32. The maximum atomic E-state index is 13.3. The number of anilines is 1. The Bertz CT molecular complexity index is 2170. The molecule has 2 fully saturated rings. The van der Waals surface area contributed by atoms with Crippen LogP contribution < -0.4 is 25.4 Å². The van der Waals surface area contributed by atoms with E-state index in [-0.39, 0.29) is 30.2 Å². The number of imidazole rings is 1. The molecule has 3 aliphatic rings. The summed E-state index contributed by atoms with van der Waals surface area (Å²) in [5, 5.41) is 18.8. The number of benzene rings is 2. The predicted octanol–water partition coefficient (Wildman–Crippen LogP) is 3.25. The molecule has 1 aliphatic carbocycles. The largest absolute Gasteiger partial charge is 0.496 e. The number of ether oxygens (including phenoxy) is 2. The van der Waals surface area contributed by atoms with Crippen molar-refractivity contribution >= 4 is 46.0 Å². The normalized spacial score (nSPS) is 20.5. The van der Waals surface area contributed by atoms with Gasteiger partial charge in [-0.2, -0.15) is 14.7 Å². The predicted molar refractivity (Wildman–Crippen MR) is 185 cm³/mol. The van der Waals surface area contributed by atoms with Gasteiger partial charge in [-0.3, -0.25) is 29.2 Å². The number of rotatable bonds is 10. The first kappa shape index (κ1) is 32.4. The molecule has 3 aromatic heterocycles. The number of fused-ring (bicyclic) bond motifs is 3. The molecule has 1 saturated heterocycles. The molecule has 15 nitrogen and oxygen atoms in total. The summed E-state index contributed by atoms with van der Waals surface area (Å²) in [6.45, 7) is 1.46. The van der Waals surface area contributed by atoms with Gasteiger partial charge in [0.15, 0.2) is 11.5 Å². The first-order valence-corrected chi connectivity index (χ1v) is 17.2. The van der Waals surface area contributed by atoms with E-state index in [2.05, 4.69) is 26.0 Å². The van der Waals surface area contributed by atoms with E-state index in [0.29, 0.717) is 66.3 Å². The summed E-state index contributed by atoms with van der Waals surface area (Å²) in [5.74, 6) is 0.328. The second kappa shape index (κ2) is 13.5. The Kier molecular flexibility index (Phi) is 8.55. The van der Waals surface area contributed by atoms with E-state index in [1.165, 1.54) is 12.0 Å². The van der Waals surface area contributed by atoms with Gasteiger partial charge in [0.2, 0.25) is 11.8 Å². The molecular weight excluding hydrogens is 654 g/mol. The van der Waals surface area contributed by atoms with Crippen molar-refractivity contribution in [3.05, 3.63) is 77.7 Å². The van der Waals surface area contributed by atoms with Crippen molar-refractivity contribution in [2.75, 3.05) is 25.6 Å². The van der Waals surface area contributed by atoms with Crippen molar-refractivity contribution in [2.45, 2.75) is 63.2 Å². The van der Waals surface area contributed by atoms with Gasteiger partial charge < -0.3 is 25.0 Å². The lowest BCUT2D eigenvalue weighted by Gasteiger charge is -2.29. The highest BCUT2D eigenvalue weighted by Gasteiger charge is 2.39. The summed E-state index contributed by atoms with van der Waals surface area (Å²) in [6.07, 6.45) is 9.66. The SMILES string of the molecule is COc1cc2nn(C3CCC(NCCOc4ccc5c(c4)CN(C4CCC(=O)NC4=O)C5=O)CC3)cc2cc1C(=O)Nc1cnc2cccnn12. The zero-order chi connectivity index (χ0) is 35.1. The van der Waals surface area contributed by atoms with Gasteiger partial charge >= 0.3 is 0 Å². The van der Waals surface area contributed by atoms with Gasteiger partial charge in [0, 0.05) is 55.0 Å². The maximum absolute atomic E-state index is 13.3. The molecule has 15 heteroatoms. The number of nitrogens with one attached hydrogen (secondary N) is 3. The van der Waals surface area contributed by atoms with Crippen LogP contribution in [0.25, 0.3) is 16.6 Å². The van der Waals surface area contributed by atoms with Crippen LogP contribution in [0.5, 0.6) is 11.5 Å². The number of carbonyl (C=O) groups is 4. The average molecular weight is 692 g/mol. The molecule has 1 saturated carbocycles. The molecule has 1 unspecified atom stereocenters. The minimum absolute atomic E-state index is 0.197. The van der Waals surface area contributed by atoms with Crippen molar-refractivity contribution in [3.63, 3.8) is 0 Å². The number of hydrogen-bond acceptors (Lipinski definition) is 10. The van der Waals surface area contributed by atoms with E-state index in [1.807, 2.05) is 29.1 Å². The van der Waals surface area contributed by atoms with E-state index >= 15 is 0 Å². The summed E-state index contributed by atoms with van der Waals surface area (Å²) in [6, 6.07) is 12.6. The molecule has 1 atom stereocenters. The average Bonchev–Trinajstić information content (AvgIpc) is 3.84. The van der Waals surface area contributed by atoms with Crippen LogP contribution in [0.15, 0.2) is 61.1 Å². The number of nitrogens with zero attached hydrogens (tertiary/aromatic N) is 6. The Hall–Kier alpha value is -5.83. The summed E-state index contributed by atoms with van der Waals surface area (Å²) >= 11 is 0. The molecule has 2 aromatic carbocycles. The van der Waals surface area contributed by atoms with Gasteiger partial charge in [-0.15, -0.1) is 0 Å². The van der Waals surface area contributed by atoms with E-state index in [1.54, 1.807) is 41.2 Å². The number of imide groups is 1. The minimum atomic E-state index is -0.637. The standard InChI is InChI=1S/C36H37N9O6/c1-50-30-17-28-22(16-27(30)34(47)40-32-18-38-31-3-2-12-39-45(31)32)20-44(42-28)24-6-4-23(5-7-24)37-13-14-51-25-8-9-26-21(15-25)19-43(36(26)49)29-10-11-33(46)41-35(29)48/h2-3,8-9,12,15-18,20,23-24,29,37H,4-7,10-11,13-14,19H2,1H3,(H,40,47)(H,41,46,48). The monoisotopic (exact) mass is 691 g/mol. The fourth-order valence-electron chi connectivity index (χ4n) is 7.32. The van der Waals surface area contributed by atoms with Crippen molar-refractivity contribution in [2.24, 2.45) is 0 Å². The molecular formula is C36H37N9O6. The lowest BCUT2D eigenvalue weighted by Crippen LogP contribution is -2.52.